The van der Waals surface area contributed by atoms with E-state index in [4.69, 9.17) is 9.73 Å². The van der Waals surface area contributed by atoms with E-state index in [1.54, 1.807) is 6.07 Å². The number of aliphatic imine (C=N–C) groups is 1. The highest BCUT2D eigenvalue weighted by Gasteiger charge is 2.32. The van der Waals surface area contributed by atoms with Gasteiger partial charge in [-0.1, -0.05) is 12.1 Å². The molecule has 2 aliphatic rings. The molecule has 6 nitrogen and oxygen atoms in total. The maximum Gasteiger partial charge on any atom is 0.273 e. The summed E-state index contributed by atoms with van der Waals surface area (Å²) in [4.78, 5) is 17.4. The molecule has 1 unspecified atom stereocenters. The van der Waals surface area contributed by atoms with Gasteiger partial charge in [0.25, 0.3) is 5.69 Å². The number of nitro groups is 1. The summed E-state index contributed by atoms with van der Waals surface area (Å²) in [5.41, 5.74) is 1.74. The third-order valence-electron chi connectivity index (χ3n) is 3.84. The lowest BCUT2D eigenvalue weighted by Crippen LogP contribution is -2.28. The molecular formula is C16H13N3O3. The number of hydrogen-bond donors (Lipinski definition) is 0. The number of nitro benzene ring substituents is 1. The number of hydrogen-bond acceptors (Lipinski definition) is 5. The highest BCUT2D eigenvalue weighted by atomic mass is 16.6. The van der Waals surface area contributed by atoms with Crippen molar-refractivity contribution < 1.29 is 9.66 Å². The highest BCUT2D eigenvalue weighted by molar-refractivity contribution is 6.14. The first-order valence-electron chi connectivity index (χ1n) is 7.04. The molecule has 1 atom stereocenters. The smallest absolute Gasteiger partial charge is 0.273 e. The number of non-ortho nitro benzene ring substituents is 1. The first-order chi connectivity index (χ1) is 10.6. The van der Waals surface area contributed by atoms with Crippen molar-refractivity contribution >= 4 is 17.2 Å². The lowest BCUT2D eigenvalue weighted by atomic mass is 10.1. The summed E-state index contributed by atoms with van der Waals surface area (Å²) >= 11 is 0. The van der Waals surface area contributed by atoms with Crippen LogP contribution in [-0.2, 0) is 0 Å². The van der Waals surface area contributed by atoms with Crippen LogP contribution in [0.5, 0.6) is 11.5 Å². The van der Waals surface area contributed by atoms with Crippen LogP contribution in [0, 0.1) is 10.1 Å². The van der Waals surface area contributed by atoms with E-state index in [0.29, 0.717) is 11.5 Å². The van der Waals surface area contributed by atoms with E-state index in [-0.39, 0.29) is 11.7 Å². The molecule has 22 heavy (non-hydrogen) atoms. The Morgan fingerprint density at radius 3 is 2.91 bits per heavy atom. The van der Waals surface area contributed by atoms with E-state index in [0.717, 1.165) is 23.6 Å². The van der Waals surface area contributed by atoms with Crippen molar-refractivity contribution in [2.24, 2.45) is 4.99 Å². The molecule has 0 radical (unpaired) electrons. The Labute approximate surface area is 126 Å². The normalized spacial score (nSPS) is 18.5. The molecular weight excluding hydrogens is 282 g/mol. The number of anilines is 1. The first kappa shape index (κ1) is 12.8. The molecule has 0 N–H and O–H groups in total. The fourth-order valence-corrected chi connectivity index (χ4v) is 2.88. The topological polar surface area (TPSA) is 68.0 Å². The van der Waals surface area contributed by atoms with Crippen molar-refractivity contribution in [3.63, 3.8) is 0 Å². The molecule has 0 aromatic heterocycles. The minimum atomic E-state index is -0.415. The van der Waals surface area contributed by atoms with Crippen LogP contribution >= 0.6 is 0 Å². The zero-order valence-electron chi connectivity index (χ0n) is 11.9. The van der Waals surface area contributed by atoms with Crippen LogP contribution in [0.4, 0.5) is 11.4 Å². The predicted molar refractivity (Wildman–Crippen MR) is 83.0 cm³/mol. The highest BCUT2D eigenvalue weighted by Crippen LogP contribution is 2.42. The molecule has 6 heteroatoms. The fraction of sp³-hybridized carbons (Fsp3) is 0.188. The summed E-state index contributed by atoms with van der Waals surface area (Å²) in [6.07, 6.45) is 0. The zero-order valence-corrected chi connectivity index (χ0v) is 11.9. The molecule has 0 bridgehead atoms. The number of para-hydroxylation sites is 1. The van der Waals surface area contributed by atoms with E-state index < -0.39 is 4.92 Å². The Balaban J connectivity index is 1.95. The Morgan fingerprint density at radius 2 is 2.09 bits per heavy atom. The van der Waals surface area contributed by atoms with E-state index in [9.17, 15) is 10.1 Å². The maximum atomic E-state index is 11.0. The van der Waals surface area contributed by atoms with Gasteiger partial charge in [-0.2, -0.15) is 0 Å². The maximum absolute atomic E-state index is 11.0. The van der Waals surface area contributed by atoms with E-state index in [1.807, 2.05) is 24.3 Å². The van der Waals surface area contributed by atoms with Gasteiger partial charge in [0, 0.05) is 12.6 Å². The number of ether oxygens (including phenoxy) is 1. The molecule has 2 aromatic rings. The second-order valence-electron chi connectivity index (χ2n) is 5.42. The quantitative estimate of drug-likeness (QED) is 0.597. The standard InChI is InChI=1S/C16H13N3O3/c1-10-9-18-13-7-6-11(19(20)21)8-15(13)22-14-5-3-2-4-12(14)16(18)17-10/h2-8,10H,9H2,1H3. The largest absolute Gasteiger partial charge is 0.454 e. The van der Waals surface area contributed by atoms with Crippen LogP contribution in [0.3, 0.4) is 0 Å². The van der Waals surface area contributed by atoms with Crippen LogP contribution in [-0.4, -0.2) is 23.3 Å². The molecule has 0 saturated carbocycles. The van der Waals surface area contributed by atoms with Gasteiger partial charge in [-0.25, -0.2) is 0 Å². The average Bonchev–Trinajstić information content (AvgIpc) is 2.83. The second kappa shape index (κ2) is 4.56. The number of benzene rings is 2. The summed E-state index contributed by atoms with van der Waals surface area (Å²) in [5.74, 6) is 2.01. The van der Waals surface area contributed by atoms with Gasteiger partial charge in [0.15, 0.2) is 5.75 Å². The average molecular weight is 295 g/mol. The van der Waals surface area contributed by atoms with Crippen molar-refractivity contribution in [1.82, 2.24) is 0 Å². The monoisotopic (exact) mass is 295 g/mol. The van der Waals surface area contributed by atoms with Crippen LogP contribution in [0.1, 0.15) is 12.5 Å². The van der Waals surface area contributed by atoms with E-state index in [2.05, 4.69) is 11.8 Å². The molecule has 0 fully saturated rings. The predicted octanol–water partition coefficient (Wildman–Crippen LogP) is 3.36. The van der Waals surface area contributed by atoms with Gasteiger partial charge in [0.2, 0.25) is 0 Å². The van der Waals surface area contributed by atoms with Gasteiger partial charge < -0.3 is 9.64 Å². The molecule has 0 saturated heterocycles. The zero-order chi connectivity index (χ0) is 15.3. The van der Waals surface area contributed by atoms with Crippen LogP contribution in [0.25, 0.3) is 0 Å². The van der Waals surface area contributed by atoms with Crippen molar-refractivity contribution in [2.45, 2.75) is 13.0 Å². The minimum absolute atomic E-state index is 0.0175. The summed E-state index contributed by atoms with van der Waals surface area (Å²) in [5, 5.41) is 11.0. The van der Waals surface area contributed by atoms with Gasteiger partial charge in [-0.15, -0.1) is 0 Å². The Bertz CT molecular complexity index is 816. The Hall–Kier alpha value is -2.89. The van der Waals surface area contributed by atoms with Gasteiger partial charge in [0.05, 0.1) is 28.3 Å². The van der Waals surface area contributed by atoms with Gasteiger partial charge in [0.1, 0.15) is 11.6 Å². The molecule has 110 valence electrons. The molecule has 0 spiro atoms. The molecule has 0 aliphatic carbocycles. The molecule has 2 aliphatic heterocycles. The van der Waals surface area contributed by atoms with Crippen LogP contribution in [0.15, 0.2) is 47.5 Å². The summed E-state index contributed by atoms with van der Waals surface area (Å²) in [7, 11) is 0. The van der Waals surface area contributed by atoms with Crippen molar-refractivity contribution in [3.05, 3.63) is 58.1 Å². The fourth-order valence-electron chi connectivity index (χ4n) is 2.88. The Kier molecular flexibility index (Phi) is 2.66. The summed E-state index contributed by atoms with van der Waals surface area (Å²) in [6.45, 7) is 2.79. The second-order valence-corrected chi connectivity index (χ2v) is 5.42. The van der Waals surface area contributed by atoms with Crippen LogP contribution in [0.2, 0.25) is 0 Å². The van der Waals surface area contributed by atoms with E-state index >= 15 is 0 Å². The summed E-state index contributed by atoms with van der Waals surface area (Å²) < 4.78 is 5.94. The molecule has 2 heterocycles. The van der Waals surface area contributed by atoms with E-state index in [1.165, 1.54) is 12.1 Å². The van der Waals surface area contributed by atoms with Crippen molar-refractivity contribution in [1.29, 1.82) is 0 Å². The molecule has 4 rings (SSSR count). The lowest BCUT2D eigenvalue weighted by molar-refractivity contribution is -0.384. The minimum Gasteiger partial charge on any atom is -0.454 e. The number of nitrogens with zero attached hydrogens (tertiary/aromatic N) is 3. The van der Waals surface area contributed by atoms with Gasteiger partial charge in [-0.3, -0.25) is 15.1 Å². The van der Waals surface area contributed by atoms with Gasteiger partial charge in [-0.05, 0) is 25.1 Å². The van der Waals surface area contributed by atoms with Crippen molar-refractivity contribution in [3.8, 4) is 11.5 Å². The Morgan fingerprint density at radius 1 is 1.27 bits per heavy atom. The SMILES string of the molecule is CC1CN2C(=N1)c1ccccc1Oc1cc([N+](=O)[O-])ccc12. The van der Waals surface area contributed by atoms with Gasteiger partial charge >= 0.3 is 0 Å². The third-order valence-corrected chi connectivity index (χ3v) is 3.84. The first-order valence-corrected chi connectivity index (χ1v) is 7.04. The number of fused-ring (bicyclic) bond motifs is 5. The molecule has 0 amide bonds. The number of amidine groups is 1. The third kappa shape index (κ3) is 1.84. The van der Waals surface area contributed by atoms with Crippen molar-refractivity contribution in [2.75, 3.05) is 11.4 Å². The van der Waals surface area contributed by atoms with Crippen LogP contribution < -0.4 is 9.64 Å². The summed E-state index contributed by atoms with van der Waals surface area (Å²) in [6, 6.07) is 12.5. The number of rotatable bonds is 1. The lowest BCUT2D eigenvalue weighted by Gasteiger charge is -2.19. The molecule has 2 aromatic carbocycles.